The van der Waals surface area contributed by atoms with Crippen molar-refractivity contribution in [3.05, 3.63) is 64.7 Å². The third-order valence-electron chi connectivity index (χ3n) is 4.21. The van der Waals surface area contributed by atoms with Gasteiger partial charge in [0.15, 0.2) is 5.69 Å². The number of halogens is 1. The molecule has 0 aliphatic heterocycles. The van der Waals surface area contributed by atoms with Crippen LogP contribution in [0, 0.1) is 6.92 Å². The van der Waals surface area contributed by atoms with Crippen molar-refractivity contribution in [1.29, 1.82) is 0 Å². The van der Waals surface area contributed by atoms with Crippen molar-refractivity contribution in [2.45, 2.75) is 26.7 Å². The van der Waals surface area contributed by atoms with Crippen molar-refractivity contribution in [3.8, 4) is 0 Å². The van der Waals surface area contributed by atoms with Gasteiger partial charge in [-0.15, -0.1) is 0 Å². The molecule has 7 heteroatoms. The van der Waals surface area contributed by atoms with Crippen molar-refractivity contribution >= 4 is 34.6 Å². The normalized spacial score (nSPS) is 10.8. The molecule has 1 aromatic carbocycles. The minimum Gasteiger partial charge on any atom is -0.349 e. The first-order valence-electron chi connectivity index (χ1n) is 8.84. The number of carbonyl (C=O) groups is 2. The van der Waals surface area contributed by atoms with Gasteiger partial charge >= 0.3 is 0 Å². The fourth-order valence-corrected chi connectivity index (χ4v) is 2.86. The maximum Gasteiger partial charge on any atom is 0.287 e. The Bertz CT molecular complexity index is 997. The van der Waals surface area contributed by atoms with Crippen LogP contribution in [-0.2, 0) is 0 Å². The number of benzene rings is 1. The molecule has 0 saturated heterocycles. The van der Waals surface area contributed by atoms with Gasteiger partial charge < -0.3 is 10.6 Å². The molecule has 6 nitrogen and oxygen atoms in total. The summed E-state index contributed by atoms with van der Waals surface area (Å²) < 4.78 is 1.62. The van der Waals surface area contributed by atoms with Crippen LogP contribution >= 0.6 is 11.6 Å². The first kappa shape index (κ1) is 18.9. The highest BCUT2D eigenvalue weighted by molar-refractivity contribution is 6.31. The van der Waals surface area contributed by atoms with Crippen molar-refractivity contribution < 1.29 is 9.59 Å². The van der Waals surface area contributed by atoms with Gasteiger partial charge in [0.2, 0.25) is 5.82 Å². The van der Waals surface area contributed by atoms with Crippen molar-refractivity contribution in [1.82, 2.24) is 14.7 Å². The number of imidazole rings is 1. The molecule has 3 aromatic rings. The maximum atomic E-state index is 12.8. The molecule has 0 unspecified atom stereocenters. The average Bonchev–Trinajstić information content (AvgIpc) is 3.05. The average molecular weight is 385 g/mol. The summed E-state index contributed by atoms with van der Waals surface area (Å²) in [6, 6.07) is 10.6. The van der Waals surface area contributed by atoms with Gasteiger partial charge in [-0.1, -0.05) is 37.1 Å². The maximum absolute atomic E-state index is 12.8. The Morgan fingerprint density at radius 3 is 2.74 bits per heavy atom. The molecule has 0 radical (unpaired) electrons. The van der Waals surface area contributed by atoms with Crippen LogP contribution in [0.2, 0.25) is 5.02 Å². The van der Waals surface area contributed by atoms with Gasteiger partial charge in [0, 0.05) is 23.5 Å². The van der Waals surface area contributed by atoms with Gasteiger partial charge in [0.25, 0.3) is 11.8 Å². The number of aryl methyl sites for hydroxylation is 1. The fourth-order valence-electron chi connectivity index (χ4n) is 2.68. The monoisotopic (exact) mass is 384 g/mol. The number of unbranched alkanes of at least 4 members (excludes halogenated alkanes) is 1. The summed E-state index contributed by atoms with van der Waals surface area (Å²) in [5.74, 6) is -0.512. The summed E-state index contributed by atoms with van der Waals surface area (Å²) in [6.07, 6.45) is 3.59. The summed E-state index contributed by atoms with van der Waals surface area (Å²) in [4.78, 5) is 29.5. The second kappa shape index (κ2) is 8.22. The quantitative estimate of drug-likeness (QED) is 0.629. The molecule has 0 bridgehead atoms. The minimum absolute atomic E-state index is 0.188. The van der Waals surface area contributed by atoms with E-state index < -0.39 is 5.91 Å². The van der Waals surface area contributed by atoms with E-state index in [1.165, 1.54) is 0 Å². The largest absolute Gasteiger partial charge is 0.349 e. The van der Waals surface area contributed by atoms with E-state index in [-0.39, 0.29) is 17.4 Å². The number of nitrogens with one attached hydrogen (secondary N) is 2. The van der Waals surface area contributed by atoms with E-state index in [1.807, 2.05) is 13.0 Å². The fraction of sp³-hybridized carbons (Fsp3) is 0.250. The number of nitrogens with zero attached hydrogens (tertiary/aromatic N) is 2. The summed E-state index contributed by atoms with van der Waals surface area (Å²) in [5, 5.41) is 6.20. The molecule has 0 spiro atoms. The molecule has 2 N–H and O–H groups in total. The predicted octanol–water partition coefficient (Wildman–Crippen LogP) is 4.08. The molecule has 3 rings (SSSR count). The minimum atomic E-state index is -0.397. The van der Waals surface area contributed by atoms with Gasteiger partial charge in [-0.25, -0.2) is 4.98 Å². The van der Waals surface area contributed by atoms with E-state index in [9.17, 15) is 9.59 Å². The summed E-state index contributed by atoms with van der Waals surface area (Å²) >= 11 is 6.12. The number of aromatic nitrogens is 2. The molecule has 0 atom stereocenters. The van der Waals surface area contributed by atoms with Crippen LogP contribution in [0.4, 0.5) is 5.69 Å². The number of hydrogen-bond acceptors (Lipinski definition) is 3. The third-order valence-corrected chi connectivity index (χ3v) is 4.62. The van der Waals surface area contributed by atoms with E-state index in [0.717, 1.165) is 18.4 Å². The lowest BCUT2D eigenvalue weighted by atomic mass is 10.2. The summed E-state index contributed by atoms with van der Waals surface area (Å²) in [5.41, 5.74) is 2.25. The Balaban J connectivity index is 1.90. The van der Waals surface area contributed by atoms with E-state index in [4.69, 9.17) is 11.6 Å². The smallest absolute Gasteiger partial charge is 0.287 e. The number of hydrogen-bond donors (Lipinski definition) is 2. The Hall–Kier alpha value is -2.86. The number of rotatable bonds is 6. The van der Waals surface area contributed by atoms with E-state index in [2.05, 4.69) is 22.5 Å². The van der Waals surface area contributed by atoms with Gasteiger partial charge in [0.1, 0.15) is 0 Å². The van der Waals surface area contributed by atoms with Crippen LogP contribution in [0.25, 0.3) is 5.52 Å². The van der Waals surface area contributed by atoms with Crippen LogP contribution in [0.5, 0.6) is 0 Å². The first-order chi connectivity index (χ1) is 13.0. The molecule has 2 aromatic heterocycles. The topological polar surface area (TPSA) is 75.5 Å². The first-order valence-corrected chi connectivity index (χ1v) is 9.22. The van der Waals surface area contributed by atoms with Crippen LogP contribution in [-0.4, -0.2) is 27.7 Å². The van der Waals surface area contributed by atoms with E-state index in [0.29, 0.717) is 22.8 Å². The lowest BCUT2D eigenvalue weighted by molar-refractivity contribution is 0.0942. The lowest BCUT2D eigenvalue weighted by Crippen LogP contribution is -2.26. The van der Waals surface area contributed by atoms with Gasteiger partial charge in [-0.2, -0.15) is 0 Å². The number of fused-ring (bicyclic) bond motifs is 1. The zero-order valence-corrected chi connectivity index (χ0v) is 16.0. The van der Waals surface area contributed by atoms with Crippen molar-refractivity contribution in [2.75, 3.05) is 11.9 Å². The number of carbonyl (C=O) groups excluding carboxylic acids is 2. The van der Waals surface area contributed by atoms with Crippen molar-refractivity contribution in [3.63, 3.8) is 0 Å². The standard InChI is InChI=1S/C20H21ClN4O2/c1-3-4-10-22-20(27)18-24-17(16-7-5-6-11-25(16)18)19(26)23-14-9-8-13(2)15(21)12-14/h5-9,11-12H,3-4,10H2,1-2H3,(H,22,27)(H,23,26). The predicted molar refractivity (Wildman–Crippen MR) is 107 cm³/mol. The van der Waals surface area contributed by atoms with Crippen LogP contribution in [0.15, 0.2) is 42.6 Å². The molecular weight excluding hydrogens is 364 g/mol. The third kappa shape index (κ3) is 4.11. The summed E-state index contributed by atoms with van der Waals surface area (Å²) in [6.45, 7) is 4.51. The van der Waals surface area contributed by atoms with Gasteiger partial charge in [-0.05, 0) is 43.2 Å². The molecule has 0 aliphatic carbocycles. The highest BCUT2D eigenvalue weighted by Crippen LogP contribution is 2.21. The van der Waals surface area contributed by atoms with E-state index >= 15 is 0 Å². The Kier molecular flexibility index (Phi) is 5.76. The Morgan fingerprint density at radius 2 is 2.00 bits per heavy atom. The SMILES string of the molecule is CCCCNC(=O)c1nc(C(=O)Nc2ccc(C)c(Cl)c2)c2ccccn12. The summed E-state index contributed by atoms with van der Waals surface area (Å²) in [7, 11) is 0. The van der Waals surface area contributed by atoms with Crippen molar-refractivity contribution in [2.24, 2.45) is 0 Å². The highest BCUT2D eigenvalue weighted by atomic mass is 35.5. The molecule has 0 aliphatic rings. The zero-order valence-electron chi connectivity index (χ0n) is 15.3. The number of anilines is 1. The molecule has 0 fully saturated rings. The van der Waals surface area contributed by atoms with Gasteiger partial charge in [-0.3, -0.25) is 14.0 Å². The number of amides is 2. The van der Waals surface area contributed by atoms with Crippen LogP contribution in [0.3, 0.4) is 0 Å². The Labute approximate surface area is 162 Å². The molecule has 140 valence electrons. The molecular formula is C20H21ClN4O2. The van der Waals surface area contributed by atoms with Crippen LogP contribution < -0.4 is 10.6 Å². The molecule has 0 saturated carbocycles. The molecule has 2 heterocycles. The second-order valence-electron chi connectivity index (χ2n) is 6.27. The number of pyridine rings is 1. The molecule has 2 amide bonds. The zero-order chi connectivity index (χ0) is 19.4. The highest BCUT2D eigenvalue weighted by Gasteiger charge is 2.21. The molecule has 27 heavy (non-hydrogen) atoms. The lowest BCUT2D eigenvalue weighted by Gasteiger charge is -2.05. The Morgan fingerprint density at radius 1 is 1.19 bits per heavy atom. The van der Waals surface area contributed by atoms with E-state index in [1.54, 1.807) is 40.9 Å². The van der Waals surface area contributed by atoms with Gasteiger partial charge in [0.05, 0.1) is 5.52 Å². The van der Waals surface area contributed by atoms with Crippen LogP contribution in [0.1, 0.15) is 46.4 Å². The second-order valence-corrected chi connectivity index (χ2v) is 6.67.